The quantitative estimate of drug-likeness (QED) is 0.335. The summed E-state index contributed by atoms with van der Waals surface area (Å²) in [5.41, 5.74) is -2.41. The van der Waals surface area contributed by atoms with Crippen LogP contribution >= 0.6 is 7.82 Å². The maximum Gasteiger partial charge on any atom is 1.00 e. The van der Waals surface area contributed by atoms with Crippen molar-refractivity contribution >= 4 is 7.82 Å². The van der Waals surface area contributed by atoms with Gasteiger partial charge in [0, 0.05) is 0 Å². The Morgan fingerprint density at radius 2 is 1.92 bits per heavy atom. The van der Waals surface area contributed by atoms with Crippen molar-refractivity contribution in [1.29, 1.82) is 0 Å². The number of phosphoric ester groups is 1. The summed E-state index contributed by atoms with van der Waals surface area (Å²) in [5.74, 6) is -1.34. The molecule has 1 aromatic rings. The van der Waals surface area contributed by atoms with Crippen molar-refractivity contribution in [3.8, 4) is 0 Å². The Bertz CT molecular complexity index is 722. The van der Waals surface area contributed by atoms with Crippen LogP contribution in [0.4, 0.5) is 4.39 Å². The number of H-pyrrole nitrogens is 1. The molecule has 1 fully saturated rings. The number of nitrogens with one attached hydrogen (secondary N) is 1. The number of phosphoric acid groups is 1. The van der Waals surface area contributed by atoms with E-state index < -0.39 is 56.0 Å². The molecule has 15 heteroatoms. The summed E-state index contributed by atoms with van der Waals surface area (Å²) in [6, 6.07) is 0. The van der Waals surface area contributed by atoms with Crippen molar-refractivity contribution in [2.24, 2.45) is 0 Å². The molecule has 0 saturated carbocycles. The minimum absolute atomic E-state index is 0. The van der Waals surface area contributed by atoms with Gasteiger partial charge in [-0.1, -0.05) is 0 Å². The molecule has 1 aromatic heterocycles. The Morgan fingerprint density at radius 1 is 1.33 bits per heavy atom. The van der Waals surface area contributed by atoms with Crippen LogP contribution in [0.1, 0.15) is 6.23 Å². The molecular weight excluding hydrogens is 376 g/mol. The summed E-state index contributed by atoms with van der Waals surface area (Å²) in [6.45, 7) is -0.903. The zero-order valence-electron chi connectivity index (χ0n) is 12.6. The number of aliphatic hydroxyl groups is 2. The van der Waals surface area contributed by atoms with Gasteiger partial charge in [-0.3, -0.25) is 14.3 Å². The number of aromatic amines is 1. The second kappa shape index (κ2) is 9.51. The van der Waals surface area contributed by atoms with Gasteiger partial charge in [-0.25, -0.2) is 4.79 Å². The molecule has 3 N–H and O–H groups in total. The smallest absolute Gasteiger partial charge is 0.790 e. The second-order valence-corrected chi connectivity index (χ2v) is 5.59. The van der Waals surface area contributed by atoms with Crippen LogP contribution in [0.15, 0.2) is 15.8 Å². The Hall–Kier alpha value is 0.600. The SMILES string of the molecule is O=c1[nH]c(=O)n([C@@H]2O[C@H](COP(=O)([O-])[O-])[C@@H](O)[C@H]2O)cc1F.[Na+].[Na+]. The van der Waals surface area contributed by atoms with E-state index in [9.17, 15) is 38.5 Å². The Kier molecular flexibility index (Phi) is 9.75. The first-order chi connectivity index (χ1) is 10.1. The van der Waals surface area contributed by atoms with Gasteiger partial charge in [0.05, 0.1) is 20.6 Å². The summed E-state index contributed by atoms with van der Waals surface area (Å²) in [7, 11) is -5.33. The maximum absolute atomic E-state index is 13.2. The molecular formula is C9H10FN2Na2O9P. The van der Waals surface area contributed by atoms with Crippen LogP contribution in [0.25, 0.3) is 0 Å². The molecule has 11 nitrogen and oxygen atoms in total. The molecule has 0 spiro atoms. The fourth-order valence-corrected chi connectivity index (χ4v) is 2.24. The van der Waals surface area contributed by atoms with Crippen LogP contribution < -0.4 is 80.2 Å². The molecule has 0 radical (unpaired) electrons. The van der Waals surface area contributed by atoms with Crippen LogP contribution in [-0.4, -0.2) is 44.7 Å². The predicted octanol–water partition coefficient (Wildman–Crippen LogP) is -9.85. The largest absolute Gasteiger partial charge is 1.00 e. The number of aliphatic hydroxyl groups excluding tert-OH is 2. The third kappa shape index (κ3) is 5.81. The predicted molar refractivity (Wildman–Crippen MR) is 60.8 cm³/mol. The third-order valence-corrected chi connectivity index (χ3v) is 3.40. The van der Waals surface area contributed by atoms with Gasteiger partial charge in [-0.05, 0) is 0 Å². The van der Waals surface area contributed by atoms with Gasteiger partial charge in [-0.2, -0.15) is 4.39 Å². The third-order valence-electron chi connectivity index (χ3n) is 2.93. The molecule has 0 amide bonds. The van der Waals surface area contributed by atoms with Crippen LogP contribution in [-0.2, 0) is 13.8 Å². The first-order valence-electron chi connectivity index (χ1n) is 5.79. The van der Waals surface area contributed by atoms with Crippen molar-refractivity contribution in [2.75, 3.05) is 6.61 Å². The van der Waals surface area contributed by atoms with E-state index in [-0.39, 0.29) is 59.1 Å². The minimum atomic E-state index is -5.33. The van der Waals surface area contributed by atoms with Crippen LogP contribution in [0.3, 0.4) is 0 Å². The monoisotopic (exact) mass is 386 g/mol. The van der Waals surface area contributed by atoms with E-state index >= 15 is 0 Å². The normalized spacial score (nSPS) is 26.5. The summed E-state index contributed by atoms with van der Waals surface area (Å²) < 4.78 is 32.9. The van der Waals surface area contributed by atoms with Crippen molar-refractivity contribution < 1.29 is 97.3 Å². The number of ether oxygens (including phenoxy) is 1. The van der Waals surface area contributed by atoms with E-state index in [4.69, 9.17) is 4.74 Å². The van der Waals surface area contributed by atoms with Gasteiger partial charge in [0.15, 0.2) is 6.23 Å². The molecule has 1 saturated heterocycles. The van der Waals surface area contributed by atoms with E-state index in [0.29, 0.717) is 10.8 Å². The van der Waals surface area contributed by atoms with Gasteiger partial charge in [-0.15, -0.1) is 0 Å². The van der Waals surface area contributed by atoms with E-state index in [1.165, 1.54) is 0 Å². The van der Waals surface area contributed by atoms with Gasteiger partial charge in [0.25, 0.3) is 5.56 Å². The maximum atomic E-state index is 13.2. The fraction of sp³-hybridized carbons (Fsp3) is 0.556. The molecule has 2 rings (SSSR count). The van der Waals surface area contributed by atoms with Crippen molar-refractivity contribution in [1.82, 2.24) is 9.55 Å². The number of nitrogens with zero attached hydrogens (tertiary/aromatic N) is 1. The molecule has 1 aliphatic heterocycles. The second-order valence-electron chi connectivity index (χ2n) is 4.43. The molecule has 0 aromatic carbocycles. The van der Waals surface area contributed by atoms with Crippen LogP contribution in [0.2, 0.25) is 0 Å². The van der Waals surface area contributed by atoms with Gasteiger partial charge >= 0.3 is 64.8 Å². The summed E-state index contributed by atoms with van der Waals surface area (Å²) >= 11 is 0. The van der Waals surface area contributed by atoms with Gasteiger partial charge in [0.2, 0.25) is 5.82 Å². The number of halogens is 1. The van der Waals surface area contributed by atoms with Crippen molar-refractivity contribution in [3.05, 3.63) is 32.9 Å². The molecule has 4 atom stereocenters. The topological polar surface area (TPSA) is 177 Å². The van der Waals surface area contributed by atoms with E-state index in [2.05, 4.69) is 4.52 Å². The van der Waals surface area contributed by atoms with Gasteiger partial charge in [0.1, 0.15) is 18.3 Å². The summed E-state index contributed by atoms with van der Waals surface area (Å²) in [6.07, 6.45) is -6.08. The molecule has 2 heterocycles. The first-order valence-corrected chi connectivity index (χ1v) is 7.25. The summed E-state index contributed by atoms with van der Waals surface area (Å²) in [4.78, 5) is 44.8. The Labute approximate surface area is 177 Å². The Balaban J connectivity index is 0.00000264. The number of hydrogen-bond acceptors (Lipinski definition) is 9. The van der Waals surface area contributed by atoms with E-state index in [1.807, 2.05) is 0 Å². The molecule has 0 unspecified atom stereocenters. The van der Waals surface area contributed by atoms with Gasteiger partial charge < -0.3 is 33.8 Å². The van der Waals surface area contributed by atoms with Crippen LogP contribution in [0, 0.1) is 5.82 Å². The molecule has 0 aliphatic carbocycles. The zero-order chi connectivity index (χ0) is 16.7. The van der Waals surface area contributed by atoms with Crippen molar-refractivity contribution in [2.45, 2.75) is 24.5 Å². The molecule has 1 aliphatic rings. The van der Waals surface area contributed by atoms with Crippen LogP contribution in [0.5, 0.6) is 0 Å². The molecule has 0 bridgehead atoms. The Morgan fingerprint density at radius 3 is 2.46 bits per heavy atom. The molecule has 24 heavy (non-hydrogen) atoms. The average molecular weight is 386 g/mol. The average Bonchev–Trinajstić information content (AvgIpc) is 2.68. The van der Waals surface area contributed by atoms with E-state index in [0.717, 1.165) is 0 Å². The number of rotatable bonds is 4. The number of hydrogen-bond donors (Lipinski definition) is 3. The number of aromatic nitrogens is 2. The minimum Gasteiger partial charge on any atom is -0.790 e. The standard InChI is InChI=1S/C9H12FN2O9P.2Na/c10-3-1-12(9(16)11-7(3)15)8-6(14)5(13)4(21-8)2-20-22(17,18)19;;/h1,4-6,8,13-14H,2H2,(H,11,15,16)(H2,17,18,19);;/q;2*+1/p-2/t4-,5-,6-,8-;;/m1../s1. The summed E-state index contributed by atoms with van der Waals surface area (Å²) in [5, 5.41) is 19.4. The van der Waals surface area contributed by atoms with E-state index in [1.54, 1.807) is 4.98 Å². The molecule has 124 valence electrons. The van der Waals surface area contributed by atoms with Crippen molar-refractivity contribution in [3.63, 3.8) is 0 Å². The zero-order valence-corrected chi connectivity index (χ0v) is 17.5. The fourth-order valence-electron chi connectivity index (χ4n) is 1.91. The first kappa shape index (κ1) is 24.6.